The SMILES string of the molecule is COc1nccc2c1C1CC2CC1Cl. The number of alkyl halides is 1. The quantitative estimate of drug-likeness (QED) is 0.664. The van der Waals surface area contributed by atoms with Crippen molar-refractivity contribution < 1.29 is 4.74 Å². The molecule has 1 heterocycles. The van der Waals surface area contributed by atoms with Gasteiger partial charge in [0.2, 0.25) is 5.88 Å². The molecule has 0 spiro atoms. The highest BCUT2D eigenvalue weighted by molar-refractivity contribution is 6.21. The minimum Gasteiger partial charge on any atom is -0.481 e. The molecule has 1 saturated carbocycles. The van der Waals surface area contributed by atoms with E-state index in [0.29, 0.717) is 11.8 Å². The fourth-order valence-electron chi connectivity index (χ4n) is 2.90. The number of aromatic nitrogens is 1. The Morgan fingerprint density at radius 2 is 2.36 bits per heavy atom. The van der Waals surface area contributed by atoms with Crippen molar-refractivity contribution in [1.82, 2.24) is 4.98 Å². The van der Waals surface area contributed by atoms with Gasteiger partial charge in [-0.1, -0.05) is 0 Å². The number of methoxy groups -OCH3 is 1. The van der Waals surface area contributed by atoms with Gasteiger partial charge in [-0.05, 0) is 30.4 Å². The van der Waals surface area contributed by atoms with E-state index in [-0.39, 0.29) is 5.38 Å². The molecule has 0 aliphatic heterocycles. The number of halogens is 1. The molecule has 2 aliphatic carbocycles. The third kappa shape index (κ3) is 0.949. The molecule has 14 heavy (non-hydrogen) atoms. The van der Waals surface area contributed by atoms with Crippen LogP contribution in [0.5, 0.6) is 5.88 Å². The highest BCUT2D eigenvalue weighted by Crippen LogP contribution is 2.56. The molecule has 0 N–H and O–H groups in total. The van der Waals surface area contributed by atoms with Crippen LogP contribution < -0.4 is 4.74 Å². The van der Waals surface area contributed by atoms with Crippen molar-refractivity contribution in [1.29, 1.82) is 0 Å². The van der Waals surface area contributed by atoms with E-state index >= 15 is 0 Å². The summed E-state index contributed by atoms with van der Waals surface area (Å²) >= 11 is 6.28. The minimum atomic E-state index is 0.283. The number of fused-ring (bicyclic) bond motifs is 5. The lowest BCUT2D eigenvalue weighted by molar-refractivity contribution is 0.389. The molecular formula is C11H12ClNO. The predicted octanol–water partition coefficient (Wildman–Crippen LogP) is 2.67. The van der Waals surface area contributed by atoms with Crippen LogP contribution in [0.25, 0.3) is 0 Å². The average Bonchev–Trinajstić information content (AvgIpc) is 2.74. The molecule has 1 aromatic heterocycles. The maximum atomic E-state index is 6.28. The van der Waals surface area contributed by atoms with Gasteiger partial charge in [0, 0.05) is 23.1 Å². The molecule has 1 aromatic rings. The number of hydrogen-bond donors (Lipinski definition) is 0. The van der Waals surface area contributed by atoms with Gasteiger partial charge >= 0.3 is 0 Å². The maximum absolute atomic E-state index is 6.28. The first-order chi connectivity index (χ1) is 6.81. The summed E-state index contributed by atoms with van der Waals surface area (Å²) in [5.74, 6) is 1.90. The summed E-state index contributed by atoms with van der Waals surface area (Å²) in [7, 11) is 1.68. The normalized spacial score (nSPS) is 33.1. The molecule has 0 aromatic carbocycles. The summed E-state index contributed by atoms with van der Waals surface area (Å²) in [5, 5.41) is 0.283. The molecule has 3 unspecified atom stereocenters. The summed E-state index contributed by atoms with van der Waals surface area (Å²) < 4.78 is 5.29. The van der Waals surface area contributed by atoms with Gasteiger partial charge in [0.15, 0.2) is 0 Å². The van der Waals surface area contributed by atoms with Crippen LogP contribution in [0.2, 0.25) is 0 Å². The first-order valence-electron chi connectivity index (χ1n) is 4.98. The highest BCUT2D eigenvalue weighted by atomic mass is 35.5. The second-order valence-corrected chi connectivity index (χ2v) is 4.67. The van der Waals surface area contributed by atoms with Gasteiger partial charge < -0.3 is 4.74 Å². The predicted molar refractivity (Wildman–Crippen MR) is 55.1 cm³/mol. The van der Waals surface area contributed by atoms with E-state index in [1.807, 2.05) is 6.20 Å². The standard InChI is InChI=1S/C11H12ClNO/c1-14-11-10-7(2-3-13-11)6-4-8(10)9(12)5-6/h2-3,6,8-9H,4-5H2,1H3. The van der Waals surface area contributed by atoms with Gasteiger partial charge in [0.05, 0.1) is 7.11 Å². The Morgan fingerprint density at radius 3 is 3.14 bits per heavy atom. The molecule has 2 bridgehead atoms. The lowest BCUT2D eigenvalue weighted by Gasteiger charge is -2.20. The summed E-state index contributed by atoms with van der Waals surface area (Å²) in [5.41, 5.74) is 2.69. The maximum Gasteiger partial charge on any atom is 0.216 e. The van der Waals surface area contributed by atoms with Crippen LogP contribution in [0.3, 0.4) is 0 Å². The zero-order valence-corrected chi connectivity index (χ0v) is 8.79. The smallest absolute Gasteiger partial charge is 0.216 e. The molecule has 74 valence electrons. The van der Waals surface area contributed by atoms with E-state index in [1.165, 1.54) is 17.5 Å². The number of hydrogen-bond acceptors (Lipinski definition) is 2. The lowest BCUT2D eigenvalue weighted by Crippen LogP contribution is -2.11. The Balaban J connectivity index is 2.17. The molecule has 2 aliphatic rings. The van der Waals surface area contributed by atoms with Crippen molar-refractivity contribution in [3.63, 3.8) is 0 Å². The van der Waals surface area contributed by atoms with Crippen LogP contribution in [0, 0.1) is 0 Å². The molecule has 0 radical (unpaired) electrons. The van der Waals surface area contributed by atoms with Crippen molar-refractivity contribution in [3.05, 3.63) is 23.4 Å². The monoisotopic (exact) mass is 209 g/mol. The Hall–Kier alpha value is -0.760. The molecule has 3 atom stereocenters. The summed E-state index contributed by atoms with van der Waals surface area (Å²) in [6.07, 6.45) is 4.14. The van der Waals surface area contributed by atoms with Crippen molar-refractivity contribution in [3.8, 4) is 5.88 Å². The second kappa shape index (κ2) is 2.86. The van der Waals surface area contributed by atoms with Crippen molar-refractivity contribution in [2.75, 3.05) is 7.11 Å². The largest absolute Gasteiger partial charge is 0.481 e. The Morgan fingerprint density at radius 1 is 1.50 bits per heavy atom. The van der Waals surface area contributed by atoms with Crippen LogP contribution >= 0.6 is 11.6 Å². The van der Waals surface area contributed by atoms with Gasteiger partial charge in [-0.25, -0.2) is 4.98 Å². The topological polar surface area (TPSA) is 22.1 Å². The first kappa shape index (κ1) is 8.54. The Bertz CT molecular complexity index is 380. The van der Waals surface area contributed by atoms with E-state index in [0.717, 1.165) is 12.3 Å². The zero-order valence-electron chi connectivity index (χ0n) is 8.03. The third-order valence-corrected chi connectivity index (χ3v) is 3.96. The minimum absolute atomic E-state index is 0.283. The van der Waals surface area contributed by atoms with E-state index in [2.05, 4.69) is 11.1 Å². The molecule has 3 rings (SSSR count). The molecule has 1 fully saturated rings. The molecular weight excluding hydrogens is 198 g/mol. The molecule has 3 heteroatoms. The van der Waals surface area contributed by atoms with Crippen molar-refractivity contribution in [2.45, 2.75) is 30.1 Å². The Labute approximate surface area is 88.2 Å². The van der Waals surface area contributed by atoms with Gasteiger partial charge in [-0.2, -0.15) is 0 Å². The first-order valence-corrected chi connectivity index (χ1v) is 5.41. The number of pyridine rings is 1. The van der Waals surface area contributed by atoms with Gasteiger partial charge in [0.1, 0.15) is 0 Å². The number of nitrogens with zero attached hydrogens (tertiary/aromatic N) is 1. The fourth-order valence-corrected chi connectivity index (χ4v) is 3.34. The van der Waals surface area contributed by atoms with Crippen LogP contribution in [-0.2, 0) is 0 Å². The van der Waals surface area contributed by atoms with Crippen LogP contribution in [0.4, 0.5) is 0 Å². The average molecular weight is 210 g/mol. The summed E-state index contributed by atoms with van der Waals surface area (Å²) in [4.78, 5) is 4.24. The van der Waals surface area contributed by atoms with Gasteiger partial charge in [-0.3, -0.25) is 0 Å². The highest BCUT2D eigenvalue weighted by Gasteiger charge is 2.45. The fraction of sp³-hybridized carbons (Fsp3) is 0.545. The van der Waals surface area contributed by atoms with Crippen LogP contribution in [0.1, 0.15) is 35.8 Å². The zero-order chi connectivity index (χ0) is 9.71. The number of ether oxygens (including phenoxy) is 1. The third-order valence-electron chi connectivity index (χ3n) is 3.48. The van der Waals surface area contributed by atoms with Crippen molar-refractivity contribution in [2.24, 2.45) is 0 Å². The molecule has 0 saturated heterocycles. The van der Waals surface area contributed by atoms with E-state index in [9.17, 15) is 0 Å². The van der Waals surface area contributed by atoms with E-state index in [4.69, 9.17) is 16.3 Å². The number of rotatable bonds is 1. The van der Waals surface area contributed by atoms with E-state index < -0.39 is 0 Å². The molecule has 0 amide bonds. The lowest BCUT2D eigenvalue weighted by atomic mass is 9.93. The van der Waals surface area contributed by atoms with Gasteiger partial charge in [0.25, 0.3) is 0 Å². The van der Waals surface area contributed by atoms with E-state index in [1.54, 1.807) is 7.11 Å². The summed E-state index contributed by atoms with van der Waals surface area (Å²) in [6.45, 7) is 0. The van der Waals surface area contributed by atoms with Crippen LogP contribution in [0.15, 0.2) is 12.3 Å². The summed E-state index contributed by atoms with van der Waals surface area (Å²) in [6, 6.07) is 2.12. The molecule has 2 nitrogen and oxygen atoms in total. The second-order valence-electron chi connectivity index (χ2n) is 4.11. The van der Waals surface area contributed by atoms with Crippen LogP contribution in [-0.4, -0.2) is 17.5 Å². The Kier molecular flexibility index (Phi) is 1.75. The van der Waals surface area contributed by atoms with Crippen molar-refractivity contribution >= 4 is 11.6 Å². The van der Waals surface area contributed by atoms with Gasteiger partial charge in [-0.15, -0.1) is 11.6 Å².